The highest BCUT2D eigenvalue weighted by molar-refractivity contribution is 5.85. The van der Waals surface area contributed by atoms with Crippen molar-refractivity contribution < 1.29 is 9.53 Å². The van der Waals surface area contributed by atoms with Gasteiger partial charge >= 0.3 is 0 Å². The molecular formula is C15H29ClN2O2. The number of amides is 1. The van der Waals surface area contributed by atoms with Crippen LogP contribution < -0.4 is 5.32 Å². The van der Waals surface area contributed by atoms with Crippen molar-refractivity contribution in [3.8, 4) is 0 Å². The summed E-state index contributed by atoms with van der Waals surface area (Å²) in [7, 11) is 1.99. The fourth-order valence-electron chi connectivity index (χ4n) is 3.29. The Morgan fingerprint density at radius 1 is 1.35 bits per heavy atom. The summed E-state index contributed by atoms with van der Waals surface area (Å²) in [6.45, 7) is 5.02. The molecule has 2 fully saturated rings. The number of nitrogens with zero attached hydrogens (tertiary/aromatic N) is 1. The normalized spacial score (nSPS) is 30.1. The largest absolute Gasteiger partial charge is 0.375 e. The van der Waals surface area contributed by atoms with E-state index < -0.39 is 0 Å². The summed E-state index contributed by atoms with van der Waals surface area (Å²) >= 11 is 0. The topological polar surface area (TPSA) is 41.6 Å². The molecule has 2 heterocycles. The lowest BCUT2D eigenvalue weighted by atomic mass is 9.97. The fourth-order valence-corrected chi connectivity index (χ4v) is 3.29. The monoisotopic (exact) mass is 304 g/mol. The van der Waals surface area contributed by atoms with Crippen molar-refractivity contribution >= 4 is 18.3 Å². The Hall–Kier alpha value is -0.320. The van der Waals surface area contributed by atoms with Crippen molar-refractivity contribution in [2.45, 2.75) is 57.7 Å². The van der Waals surface area contributed by atoms with Gasteiger partial charge in [0.25, 0.3) is 0 Å². The Morgan fingerprint density at radius 3 is 2.80 bits per heavy atom. The van der Waals surface area contributed by atoms with E-state index in [9.17, 15) is 4.79 Å². The van der Waals surface area contributed by atoms with Gasteiger partial charge in [0.2, 0.25) is 5.91 Å². The Bertz CT molecular complexity index is 300. The molecule has 0 aliphatic carbocycles. The summed E-state index contributed by atoms with van der Waals surface area (Å²) in [5.74, 6) is 0.953. The van der Waals surface area contributed by atoms with Crippen LogP contribution in [0.1, 0.15) is 45.4 Å². The van der Waals surface area contributed by atoms with Gasteiger partial charge in [0.15, 0.2) is 0 Å². The number of piperidine rings is 1. The third kappa shape index (κ3) is 5.23. The highest BCUT2D eigenvalue weighted by atomic mass is 35.5. The van der Waals surface area contributed by atoms with Crippen LogP contribution in [-0.2, 0) is 9.53 Å². The molecule has 0 saturated carbocycles. The van der Waals surface area contributed by atoms with Crippen LogP contribution in [0.3, 0.4) is 0 Å². The van der Waals surface area contributed by atoms with E-state index >= 15 is 0 Å². The first-order chi connectivity index (χ1) is 9.19. The number of carbonyl (C=O) groups is 1. The second-order valence-corrected chi connectivity index (χ2v) is 6.09. The van der Waals surface area contributed by atoms with Crippen LogP contribution in [0.15, 0.2) is 0 Å². The summed E-state index contributed by atoms with van der Waals surface area (Å²) in [5, 5.41) is 3.22. The van der Waals surface area contributed by atoms with Crippen molar-refractivity contribution in [3.63, 3.8) is 0 Å². The Kier molecular flexibility index (Phi) is 7.85. The maximum Gasteiger partial charge on any atom is 0.222 e. The van der Waals surface area contributed by atoms with E-state index in [1.165, 1.54) is 6.42 Å². The molecule has 2 rings (SSSR count). The fraction of sp³-hybridized carbons (Fsp3) is 0.933. The average Bonchev–Trinajstić information content (AvgIpc) is 2.82. The van der Waals surface area contributed by atoms with Crippen LogP contribution in [0.25, 0.3) is 0 Å². The zero-order valence-corrected chi connectivity index (χ0v) is 13.6. The quantitative estimate of drug-likeness (QED) is 0.847. The third-order valence-corrected chi connectivity index (χ3v) is 4.36. The highest BCUT2D eigenvalue weighted by Crippen LogP contribution is 2.23. The summed E-state index contributed by atoms with van der Waals surface area (Å²) in [6.07, 6.45) is 6.92. The van der Waals surface area contributed by atoms with Gasteiger partial charge in [0.1, 0.15) is 0 Å². The molecule has 2 aliphatic rings. The molecule has 1 amide bonds. The lowest BCUT2D eigenvalue weighted by Crippen LogP contribution is -2.42. The molecule has 0 radical (unpaired) electrons. The second-order valence-electron chi connectivity index (χ2n) is 6.09. The predicted molar refractivity (Wildman–Crippen MR) is 83.3 cm³/mol. The van der Waals surface area contributed by atoms with E-state index in [1.54, 1.807) is 0 Å². The molecule has 0 aromatic carbocycles. The van der Waals surface area contributed by atoms with E-state index in [4.69, 9.17) is 4.74 Å². The summed E-state index contributed by atoms with van der Waals surface area (Å²) in [6, 6.07) is 0. The Morgan fingerprint density at radius 2 is 2.15 bits per heavy atom. The molecule has 0 bridgehead atoms. The van der Waals surface area contributed by atoms with Crippen LogP contribution in [0, 0.1) is 5.92 Å². The molecule has 2 saturated heterocycles. The van der Waals surface area contributed by atoms with E-state index in [-0.39, 0.29) is 12.4 Å². The molecule has 3 unspecified atom stereocenters. The molecule has 118 valence electrons. The number of carbonyl (C=O) groups excluding carboxylic acids is 1. The predicted octanol–water partition coefficient (Wildman–Crippen LogP) is 2.21. The standard InChI is InChI=1S/C15H28N2O2.ClH/c1-12-5-6-14(19-12)7-8-15(18)17-9-3-4-13(11-17)10-16-2;/h12-14,16H,3-11H2,1-2H3;1H. The van der Waals surface area contributed by atoms with Crippen LogP contribution in [-0.4, -0.2) is 49.7 Å². The maximum atomic E-state index is 12.2. The highest BCUT2D eigenvalue weighted by Gasteiger charge is 2.26. The third-order valence-electron chi connectivity index (χ3n) is 4.36. The van der Waals surface area contributed by atoms with Gasteiger partial charge in [-0.15, -0.1) is 12.4 Å². The van der Waals surface area contributed by atoms with Crippen molar-refractivity contribution in [1.82, 2.24) is 10.2 Å². The summed E-state index contributed by atoms with van der Waals surface area (Å²) < 4.78 is 5.78. The molecule has 4 nitrogen and oxygen atoms in total. The van der Waals surface area contributed by atoms with Crippen molar-refractivity contribution in [2.75, 3.05) is 26.7 Å². The average molecular weight is 305 g/mol. The number of hydrogen-bond acceptors (Lipinski definition) is 3. The van der Waals surface area contributed by atoms with Crippen LogP contribution in [0.4, 0.5) is 0 Å². The Balaban J connectivity index is 0.00000200. The number of ether oxygens (including phenoxy) is 1. The first kappa shape index (κ1) is 17.7. The van der Waals surface area contributed by atoms with Gasteiger partial charge in [-0.05, 0) is 58.5 Å². The zero-order valence-electron chi connectivity index (χ0n) is 12.8. The maximum absolute atomic E-state index is 12.2. The van der Waals surface area contributed by atoms with E-state index in [0.717, 1.165) is 45.3 Å². The van der Waals surface area contributed by atoms with Crippen LogP contribution in [0.5, 0.6) is 0 Å². The molecule has 0 aromatic rings. The van der Waals surface area contributed by atoms with Gasteiger partial charge in [0.05, 0.1) is 12.2 Å². The first-order valence-electron chi connectivity index (χ1n) is 7.77. The molecule has 0 aromatic heterocycles. The molecule has 2 aliphatic heterocycles. The number of halogens is 1. The SMILES string of the molecule is CNCC1CCCN(C(=O)CCC2CCC(C)O2)C1.Cl. The number of hydrogen-bond donors (Lipinski definition) is 1. The molecule has 5 heteroatoms. The van der Waals surface area contributed by atoms with Gasteiger partial charge < -0.3 is 15.0 Å². The van der Waals surface area contributed by atoms with Gasteiger partial charge in [-0.1, -0.05) is 0 Å². The second kappa shape index (κ2) is 8.85. The van der Waals surface area contributed by atoms with Crippen molar-refractivity contribution in [3.05, 3.63) is 0 Å². The lowest BCUT2D eigenvalue weighted by Gasteiger charge is -2.33. The molecular weight excluding hydrogens is 276 g/mol. The Labute approximate surface area is 129 Å². The molecule has 20 heavy (non-hydrogen) atoms. The van der Waals surface area contributed by atoms with Gasteiger partial charge in [-0.25, -0.2) is 0 Å². The minimum Gasteiger partial charge on any atom is -0.375 e. The molecule has 3 atom stereocenters. The number of rotatable bonds is 5. The number of likely N-dealkylation sites (tertiary alicyclic amines) is 1. The van der Waals surface area contributed by atoms with Gasteiger partial charge in [0, 0.05) is 19.5 Å². The van der Waals surface area contributed by atoms with Gasteiger partial charge in [-0.2, -0.15) is 0 Å². The van der Waals surface area contributed by atoms with Crippen LogP contribution in [0.2, 0.25) is 0 Å². The smallest absolute Gasteiger partial charge is 0.222 e. The first-order valence-corrected chi connectivity index (χ1v) is 7.77. The van der Waals surface area contributed by atoms with E-state index in [2.05, 4.69) is 17.1 Å². The minimum atomic E-state index is 0. The van der Waals surface area contributed by atoms with Crippen molar-refractivity contribution in [1.29, 1.82) is 0 Å². The molecule has 1 N–H and O–H groups in total. The zero-order chi connectivity index (χ0) is 13.7. The van der Waals surface area contributed by atoms with E-state index in [1.807, 2.05) is 7.05 Å². The van der Waals surface area contributed by atoms with Gasteiger partial charge in [-0.3, -0.25) is 4.79 Å². The number of nitrogens with one attached hydrogen (secondary N) is 1. The summed E-state index contributed by atoms with van der Waals surface area (Å²) in [5.41, 5.74) is 0. The summed E-state index contributed by atoms with van der Waals surface area (Å²) in [4.78, 5) is 14.3. The molecule has 0 spiro atoms. The van der Waals surface area contributed by atoms with Crippen molar-refractivity contribution in [2.24, 2.45) is 5.92 Å². The lowest BCUT2D eigenvalue weighted by molar-refractivity contribution is -0.133. The van der Waals surface area contributed by atoms with Crippen LogP contribution >= 0.6 is 12.4 Å². The minimum absolute atomic E-state index is 0. The van der Waals surface area contributed by atoms with E-state index in [0.29, 0.717) is 30.5 Å².